The van der Waals surface area contributed by atoms with Crippen molar-refractivity contribution >= 4 is 22.6 Å². The minimum Gasteiger partial charge on any atom is -0.360 e. The maximum Gasteiger partial charge on any atom is 0.187 e. The van der Waals surface area contributed by atoms with Crippen molar-refractivity contribution in [3.63, 3.8) is 0 Å². The Kier molecular flexibility index (Phi) is 2.64. The summed E-state index contributed by atoms with van der Waals surface area (Å²) in [4.78, 5) is 0. The Balaban J connectivity index is 1.83. The highest BCUT2D eigenvalue weighted by atomic mass is 127. The summed E-state index contributed by atoms with van der Waals surface area (Å²) in [5.74, 6) is -0.546. The number of rotatable bonds is 1. The van der Waals surface area contributed by atoms with Gasteiger partial charge in [-0.05, 0) is 27.7 Å². The molecule has 98 valence electrons. The Morgan fingerprint density at radius 2 is 1.82 bits per heavy atom. The molecule has 17 heavy (non-hydrogen) atoms. The van der Waals surface area contributed by atoms with Crippen LogP contribution in [-0.4, -0.2) is 39.9 Å². The minimum absolute atomic E-state index is 0.00836. The molecule has 4 nitrogen and oxygen atoms in total. The summed E-state index contributed by atoms with van der Waals surface area (Å²) in [6.45, 7) is 8.10. The smallest absolute Gasteiger partial charge is 0.187 e. The van der Waals surface area contributed by atoms with Crippen LogP contribution in [0.5, 0.6) is 0 Å². The predicted octanol–water partition coefficient (Wildman–Crippen LogP) is 2.24. The van der Waals surface area contributed by atoms with Crippen molar-refractivity contribution in [2.45, 2.75) is 69.6 Å². The molecule has 3 aliphatic rings. The van der Waals surface area contributed by atoms with Crippen LogP contribution in [0.15, 0.2) is 0 Å². The van der Waals surface area contributed by atoms with E-state index in [2.05, 4.69) is 36.4 Å². The molecule has 0 aromatic heterocycles. The van der Waals surface area contributed by atoms with Crippen LogP contribution in [0, 0.1) is 0 Å². The molecule has 3 saturated heterocycles. The molecule has 5 heteroatoms. The molecule has 0 N–H and O–H groups in total. The zero-order valence-corrected chi connectivity index (χ0v) is 12.8. The third-order valence-corrected chi connectivity index (χ3v) is 4.82. The average molecular weight is 354 g/mol. The molecular weight excluding hydrogens is 335 g/mol. The number of hydrogen-bond acceptors (Lipinski definition) is 4. The minimum atomic E-state index is -0.546. The maximum absolute atomic E-state index is 6.03. The molecule has 1 spiro atoms. The second kappa shape index (κ2) is 3.56. The van der Waals surface area contributed by atoms with E-state index in [0.717, 1.165) is 10.8 Å². The van der Waals surface area contributed by atoms with E-state index < -0.39 is 5.79 Å². The molecule has 3 fully saturated rings. The Hall–Kier alpha value is 0.570. The standard InChI is InChI=1S/C12H19IO4/c1-10(2)12(17-10)5-7-9(14-8(12)6-13)16-11(3,4)15-7/h7-9H,5-6H2,1-4H3. The predicted molar refractivity (Wildman–Crippen MR) is 70.1 cm³/mol. The van der Waals surface area contributed by atoms with Gasteiger partial charge in [-0.25, -0.2) is 0 Å². The lowest BCUT2D eigenvalue weighted by molar-refractivity contribution is -0.216. The van der Waals surface area contributed by atoms with Crippen LogP contribution in [0.1, 0.15) is 34.1 Å². The molecule has 0 bridgehead atoms. The summed E-state index contributed by atoms with van der Waals surface area (Å²) in [5, 5.41) is 0. The summed E-state index contributed by atoms with van der Waals surface area (Å²) in [6.07, 6.45) is 0.708. The summed E-state index contributed by atoms with van der Waals surface area (Å²) >= 11 is 2.35. The largest absolute Gasteiger partial charge is 0.360 e. The molecule has 3 rings (SSSR count). The fourth-order valence-corrected chi connectivity index (χ4v) is 4.01. The zero-order valence-electron chi connectivity index (χ0n) is 10.7. The molecule has 4 unspecified atom stereocenters. The van der Waals surface area contributed by atoms with Gasteiger partial charge in [0.05, 0.1) is 5.60 Å². The molecule has 0 aromatic rings. The van der Waals surface area contributed by atoms with Crippen LogP contribution < -0.4 is 0 Å². The van der Waals surface area contributed by atoms with Crippen molar-refractivity contribution in [3.05, 3.63) is 0 Å². The quantitative estimate of drug-likeness (QED) is 0.411. The summed E-state index contributed by atoms with van der Waals surface area (Å²) in [5.41, 5.74) is -0.289. The van der Waals surface area contributed by atoms with Gasteiger partial charge in [-0.15, -0.1) is 0 Å². The van der Waals surface area contributed by atoms with Crippen LogP contribution >= 0.6 is 22.6 Å². The third kappa shape index (κ3) is 1.77. The number of hydrogen-bond donors (Lipinski definition) is 0. The van der Waals surface area contributed by atoms with Gasteiger partial charge >= 0.3 is 0 Å². The molecule has 0 aliphatic carbocycles. The van der Waals surface area contributed by atoms with Crippen LogP contribution in [0.25, 0.3) is 0 Å². The molecule has 4 atom stereocenters. The summed E-state index contributed by atoms with van der Waals surface area (Å²) in [7, 11) is 0. The van der Waals surface area contributed by atoms with E-state index in [-0.39, 0.29) is 29.7 Å². The molecule has 0 saturated carbocycles. The van der Waals surface area contributed by atoms with Crippen LogP contribution in [0.2, 0.25) is 0 Å². The van der Waals surface area contributed by atoms with E-state index in [1.807, 2.05) is 13.8 Å². The van der Waals surface area contributed by atoms with Gasteiger partial charge in [0.1, 0.15) is 17.8 Å². The lowest BCUT2D eigenvalue weighted by atomic mass is 9.84. The number of fused-ring (bicyclic) bond motifs is 1. The molecule has 3 aliphatic heterocycles. The molecule has 0 aromatic carbocycles. The Labute approximate surface area is 115 Å². The highest BCUT2D eigenvalue weighted by Gasteiger charge is 2.72. The van der Waals surface area contributed by atoms with Gasteiger partial charge in [-0.1, -0.05) is 22.6 Å². The van der Waals surface area contributed by atoms with Crippen molar-refractivity contribution in [1.82, 2.24) is 0 Å². The second-order valence-corrected chi connectivity index (χ2v) is 6.91. The summed E-state index contributed by atoms with van der Waals surface area (Å²) in [6, 6.07) is 0. The van der Waals surface area contributed by atoms with Crippen LogP contribution in [-0.2, 0) is 18.9 Å². The van der Waals surface area contributed by atoms with Crippen molar-refractivity contribution < 1.29 is 18.9 Å². The monoisotopic (exact) mass is 354 g/mol. The van der Waals surface area contributed by atoms with Crippen LogP contribution in [0.3, 0.4) is 0 Å². The van der Waals surface area contributed by atoms with Crippen molar-refractivity contribution in [2.75, 3.05) is 4.43 Å². The molecule has 0 radical (unpaired) electrons. The number of alkyl halides is 1. The van der Waals surface area contributed by atoms with Gasteiger partial charge in [-0.2, -0.15) is 0 Å². The van der Waals surface area contributed by atoms with Gasteiger partial charge in [0.2, 0.25) is 0 Å². The number of halogens is 1. The van der Waals surface area contributed by atoms with E-state index in [1.165, 1.54) is 0 Å². The fraction of sp³-hybridized carbons (Fsp3) is 1.00. The highest BCUT2D eigenvalue weighted by Crippen LogP contribution is 2.58. The van der Waals surface area contributed by atoms with E-state index >= 15 is 0 Å². The van der Waals surface area contributed by atoms with Gasteiger partial charge in [0.15, 0.2) is 12.1 Å². The first-order chi connectivity index (χ1) is 7.80. The first-order valence-corrected chi connectivity index (χ1v) is 7.59. The Bertz CT molecular complexity index is 343. The number of epoxide rings is 1. The SMILES string of the molecule is CC1(C)OC2CC3(OC3(C)C)C(CI)OC2O1. The second-order valence-electron chi connectivity index (χ2n) is 6.03. The zero-order chi connectivity index (χ0) is 12.5. The fourth-order valence-electron chi connectivity index (χ4n) is 3.09. The summed E-state index contributed by atoms with van der Waals surface area (Å²) < 4.78 is 24.5. The normalized spacial score (nSPS) is 50.3. The lowest BCUT2D eigenvalue weighted by Gasteiger charge is -2.35. The Morgan fingerprint density at radius 1 is 1.18 bits per heavy atom. The Morgan fingerprint density at radius 3 is 2.35 bits per heavy atom. The van der Waals surface area contributed by atoms with Gasteiger partial charge in [0.25, 0.3) is 0 Å². The first kappa shape index (κ1) is 12.6. The first-order valence-electron chi connectivity index (χ1n) is 6.07. The van der Waals surface area contributed by atoms with Crippen molar-refractivity contribution in [2.24, 2.45) is 0 Å². The number of ether oxygens (including phenoxy) is 4. The van der Waals surface area contributed by atoms with E-state index in [0.29, 0.717) is 0 Å². The highest BCUT2D eigenvalue weighted by molar-refractivity contribution is 14.1. The average Bonchev–Trinajstić information content (AvgIpc) is 2.58. The van der Waals surface area contributed by atoms with Gasteiger partial charge in [0, 0.05) is 10.8 Å². The maximum atomic E-state index is 6.03. The van der Waals surface area contributed by atoms with E-state index in [9.17, 15) is 0 Å². The van der Waals surface area contributed by atoms with Crippen LogP contribution in [0.4, 0.5) is 0 Å². The van der Waals surface area contributed by atoms with Gasteiger partial charge < -0.3 is 18.9 Å². The topological polar surface area (TPSA) is 40.2 Å². The van der Waals surface area contributed by atoms with Gasteiger partial charge in [-0.3, -0.25) is 0 Å². The third-order valence-electron chi connectivity index (χ3n) is 4.02. The molecule has 3 heterocycles. The molecular formula is C12H19IO4. The molecule has 0 amide bonds. The lowest BCUT2D eigenvalue weighted by Crippen LogP contribution is -2.51. The van der Waals surface area contributed by atoms with E-state index in [1.54, 1.807) is 0 Å². The van der Waals surface area contributed by atoms with Crippen molar-refractivity contribution in [1.29, 1.82) is 0 Å². The van der Waals surface area contributed by atoms with Crippen molar-refractivity contribution in [3.8, 4) is 0 Å². The van der Waals surface area contributed by atoms with E-state index in [4.69, 9.17) is 18.9 Å².